The Hall–Kier alpha value is -1.98. The molecule has 6 heteroatoms. The molecule has 1 unspecified atom stereocenters. The number of aromatic nitrogens is 1. The van der Waals surface area contributed by atoms with Crippen molar-refractivity contribution in [2.45, 2.75) is 45.8 Å². The van der Waals surface area contributed by atoms with Crippen LogP contribution in [0.25, 0.3) is 10.9 Å². The zero-order valence-electron chi connectivity index (χ0n) is 13.3. The summed E-state index contributed by atoms with van der Waals surface area (Å²) in [5.74, 6) is -0.560. The first-order valence-electron chi connectivity index (χ1n) is 7.67. The van der Waals surface area contributed by atoms with E-state index < -0.39 is 18.1 Å². The van der Waals surface area contributed by atoms with E-state index in [4.69, 9.17) is 0 Å². The smallest absolute Gasteiger partial charge is 0.350 e. The van der Waals surface area contributed by atoms with Crippen molar-refractivity contribution in [2.75, 3.05) is 6.54 Å². The molecule has 0 bridgehead atoms. The molecule has 2 aromatic rings. The van der Waals surface area contributed by atoms with Crippen molar-refractivity contribution in [1.82, 2.24) is 9.88 Å². The number of fused-ring (bicyclic) bond motifs is 1. The summed E-state index contributed by atoms with van der Waals surface area (Å²) >= 11 is 0. The Bertz CT molecular complexity index is 776. The summed E-state index contributed by atoms with van der Waals surface area (Å²) in [5, 5.41) is 0.897. The van der Waals surface area contributed by atoms with Gasteiger partial charge in [-0.15, -0.1) is 0 Å². The van der Waals surface area contributed by atoms with Crippen LogP contribution in [0.4, 0.5) is 13.2 Å². The molecular formula is C17H19F3N2O. The Kier molecular flexibility index (Phi) is 3.65. The maximum absolute atomic E-state index is 13.1. The van der Waals surface area contributed by atoms with E-state index >= 15 is 0 Å². The predicted octanol–water partition coefficient (Wildman–Crippen LogP) is 4.26. The van der Waals surface area contributed by atoms with Crippen LogP contribution in [0, 0.1) is 20.8 Å². The largest absolute Gasteiger partial charge is 0.408 e. The van der Waals surface area contributed by atoms with Gasteiger partial charge in [-0.1, -0.05) is 11.6 Å². The molecule has 1 aromatic carbocycles. The molecule has 1 amide bonds. The van der Waals surface area contributed by atoms with Gasteiger partial charge in [-0.3, -0.25) is 4.79 Å². The summed E-state index contributed by atoms with van der Waals surface area (Å²) in [7, 11) is 0. The summed E-state index contributed by atoms with van der Waals surface area (Å²) in [4.78, 5) is 16.7. The van der Waals surface area contributed by atoms with Crippen LogP contribution in [0.2, 0.25) is 0 Å². The fourth-order valence-corrected chi connectivity index (χ4v) is 3.49. The second kappa shape index (κ2) is 5.28. The number of nitrogens with zero attached hydrogens (tertiary/aromatic N) is 1. The van der Waals surface area contributed by atoms with Crippen LogP contribution in [0.1, 0.15) is 40.0 Å². The molecule has 2 heterocycles. The fourth-order valence-electron chi connectivity index (χ4n) is 3.49. The highest BCUT2D eigenvalue weighted by Crippen LogP contribution is 2.35. The van der Waals surface area contributed by atoms with E-state index in [0.717, 1.165) is 26.9 Å². The lowest BCUT2D eigenvalue weighted by Gasteiger charge is -2.26. The van der Waals surface area contributed by atoms with Gasteiger partial charge in [0, 0.05) is 17.4 Å². The molecule has 1 aromatic heterocycles. The molecule has 3 rings (SSSR count). The third-order valence-corrected chi connectivity index (χ3v) is 4.61. The number of aryl methyl sites for hydroxylation is 3. The lowest BCUT2D eigenvalue weighted by Crippen LogP contribution is -2.44. The molecule has 0 aliphatic carbocycles. The molecule has 1 saturated heterocycles. The van der Waals surface area contributed by atoms with E-state index in [1.807, 2.05) is 26.0 Å². The first-order chi connectivity index (χ1) is 10.7. The number of hydrogen-bond acceptors (Lipinski definition) is 1. The highest BCUT2D eigenvalue weighted by atomic mass is 19.4. The normalized spacial score (nSPS) is 18.9. The molecule has 0 saturated carbocycles. The van der Waals surface area contributed by atoms with Crippen LogP contribution in [0.3, 0.4) is 0 Å². The average Bonchev–Trinajstić information content (AvgIpc) is 3.04. The number of carbonyl (C=O) groups excluding carboxylic acids is 1. The van der Waals surface area contributed by atoms with Gasteiger partial charge in [0.15, 0.2) is 0 Å². The Morgan fingerprint density at radius 3 is 2.61 bits per heavy atom. The molecule has 1 aliphatic heterocycles. The molecule has 1 aliphatic rings. The topological polar surface area (TPSA) is 36.1 Å². The molecule has 0 radical (unpaired) electrons. The van der Waals surface area contributed by atoms with Crippen LogP contribution < -0.4 is 0 Å². The molecule has 0 spiro atoms. The van der Waals surface area contributed by atoms with Crippen LogP contribution in [0.15, 0.2) is 12.1 Å². The van der Waals surface area contributed by atoms with Gasteiger partial charge < -0.3 is 9.88 Å². The van der Waals surface area contributed by atoms with Crippen molar-refractivity contribution in [3.05, 3.63) is 34.5 Å². The van der Waals surface area contributed by atoms with E-state index in [9.17, 15) is 18.0 Å². The maximum Gasteiger partial charge on any atom is 0.408 e. The first-order valence-corrected chi connectivity index (χ1v) is 7.67. The molecule has 3 nitrogen and oxygen atoms in total. The number of benzene rings is 1. The first kappa shape index (κ1) is 15.9. The quantitative estimate of drug-likeness (QED) is 0.836. The third-order valence-electron chi connectivity index (χ3n) is 4.61. The van der Waals surface area contributed by atoms with E-state index in [1.165, 1.54) is 0 Å². The SMILES string of the molecule is Cc1cc(C)c2[nH]c(C(=O)N3CCCC3C(F)(F)F)c(C)c2c1. The minimum absolute atomic E-state index is 0.0212. The van der Waals surface area contributed by atoms with Gasteiger partial charge in [-0.05, 0) is 50.8 Å². The summed E-state index contributed by atoms with van der Waals surface area (Å²) < 4.78 is 39.3. The van der Waals surface area contributed by atoms with Crippen molar-refractivity contribution in [1.29, 1.82) is 0 Å². The average molecular weight is 324 g/mol. The number of amides is 1. The van der Waals surface area contributed by atoms with Gasteiger partial charge in [0.1, 0.15) is 11.7 Å². The number of aromatic amines is 1. The number of hydrogen-bond donors (Lipinski definition) is 1. The number of H-pyrrole nitrogens is 1. The van der Waals surface area contributed by atoms with Crippen LogP contribution in [-0.2, 0) is 0 Å². The summed E-state index contributed by atoms with van der Waals surface area (Å²) in [6, 6.07) is 2.26. The lowest BCUT2D eigenvalue weighted by molar-refractivity contribution is -0.169. The number of carbonyl (C=O) groups is 1. The fraction of sp³-hybridized carbons (Fsp3) is 0.471. The predicted molar refractivity (Wildman–Crippen MR) is 82.6 cm³/mol. The van der Waals surface area contributed by atoms with Gasteiger partial charge >= 0.3 is 6.18 Å². The van der Waals surface area contributed by atoms with Crippen molar-refractivity contribution >= 4 is 16.8 Å². The number of alkyl halides is 3. The van der Waals surface area contributed by atoms with Crippen molar-refractivity contribution < 1.29 is 18.0 Å². The molecule has 1 fully saturated rings. The van der Waals surface area contributed by atoms with E-state index in [-0.39, 0.29) is 18.7 Å². The third kappa shape index (κ3) is 2.60. The van der Waals surface area contributed by atoms with Gasteiger partial charge in [-0.2, -0.15) is 13.2 Å². The standard InChI is InChI=1S/C17H19F3N2O/c1-9-7-10(2)14-12(8-9)11(3)15(21-14)16(23)22-6-4-5-13(22)17(18,19)20/h7-8,13,21H,4-6H2,1-3H3. The van der Waals surface area contributed by atoms with E-state index in [2.05, 4.69) is 4.98 Å². The Labute approximate surface area is 132 Å². The van der Waals surface area contributed by atoms with Gasteiger partial charge in [0.05, 0.1) is 0 Å². The Balaban J connectivity index is 2.05. The van der Waals surface area contributed by atoms with Gasteiger partial charge in [0.25, 0.3) is 5.91 Å². The lowest BCUT2D eigenvalue weighted by atomic mass is 10.1. The second-order valence-corrected chi connectivity index (χ2v) is 6.33. The number of halogens is 3. The minimum Gasteiger partial charge on any atom is -0.350 e. The molecule has 1 atom stereocenters. The number of rotatable bonds is 1. The van der Waals surface area contributed by atoms with Gasteiger partial charge in [0.2, 0.25) is 0 Å². The zero-order chi connectivity index (χ0) is 16.9. The highest BCUT2D eigenvalue weighted by molar-refractivity contribution is 6.02. The van der Waals surface area contributed by atoms with Gasteiger partial charge in [-0.25, -0.2) is 0 Å². The molecule has 124 valence electrons. The minimum atomic E-state index is -4.38. The molecular weight excluding hydrogens is 305 g/mol. The highest BCUT2D eigenvalue weighted by Gasteiger charge is 2.48. The molecule has 23 heavy (non-hydrogen) atoms. The van der Waals surface area contributed by atoms with Crippen molar-refractivity contribution in [3.8, 4) is 0 Å². The van der Waals surface area contributed by atoms with Crippen LogP contribution >= 0.6 is 0 Å². The second-order valence-electron chi connectivity index (χ2n) is 6.33. The monoisotopic (exact) mass is 324 g/mol. The van der Waals surface area contributed by atoms with Crippen molar-refractivity contribution in [2.24, 2.45) is 0 Å². The Morgan fingerprint density at radius 1 is 1.26 bits per heavy atom. The van der Waals surface area contributed by atoms with E-state index in [0.29, 0.717) is 12.0 Å². The summed E-state index contributed by atoms with van der Waals surface area (Å²) in [5.41, 5.74) is 3.84. The summed E-state index contributed by atoms with van der Waals surface area (Å²) in [6.45, 7) is 5.81. The zero-order valence-corrected chi connectivity index (χ0v) is 13.3. The van der Waals surface area contributed by atoms with E-state index in [1.54, 1.807) is 6.92 Å². The Morgan fingerprint density at radius 2 is 1.96 bits per heavy atom. The van der Waals surface area contributed by atoms with Crippen molar-refractivity contribution in [3.63, 3.8) is 0 Å². The number of nitrogens with one attached hydrogen (secondary N) is 1. The van der Waals surface area contributed by atoms with Crippen LogP contribution in [0.5, 0.6) is 0 Å². The number of likely N-dealkylation sites (tertiary alicyclic amines) is 1. The summed E-state index contributed by atoms with van der Waals surface area (Å²) in [6.07, 6.45) is -4.02. The molecule has 1 N–H and O–H groups in total. The van der Waals surface area contributed by atoms with Crippen LogP contribution in [-0.4, -0.2) is 34.6 Å². The maximum atomic E-state index is 13.1.